The van der Waals surface area contributed by atoms with Crippen LogP contribution in [-0.4, -0.2) is 21.9 Å². The summed E-state index contributed by atoms with van der Waals surface area (Å²) in [6.45, 7) is 5.08. The van der Waals surface area contributed by atoms with Crippen molar-refractivity contribution in [3.05, 3.63) is 34.4 Å². The molecule has 0 amide bonds. The van der Waals surface area contributed by atoms with Crippen molar-refractivity contribution in [2.24, 2.45) is 0 Å². The fourth-order valence-corrected chi connectivity index (χ4v) is 2.27. The van der Waals surface area contributed by atoms with Gasteiger partial charge in [-0.25, -0.2) is 4.79 Å². The Hall–Kier alpha value is -1.73. The van der Waals surface area contributed by atoms with Crippen LogP contribution in [0.2, 0.25) is 0 Å². The lowest BCUT2D eigenvalue weighted by Crippen LogP contribution is -2.03. The summed E-state index contributed by atoms with van der Waals surface area (Å²) in [5, 5.41) is 9.16. The number of rotatable bonds is 3. The van der Waals surface area contributed by atoms with Gasteiger partial charge < -0.3 is 5.11 Å². The second-order valence-corrected chi connectivity index (χ2v) is 5.45. The van der Waals surface area contributed by atoms with E-state index >= 15 is 0 Å². The largest absolute Gasteiger partial charge is 0.478 e. The van der Waals surface area contributed by atoms with Crippen molar-refractivity contribution in [2.45, 2.75) is 27.2 Å². The fourth-order valence-electron chi connectivity index (χ4n) is 1.78. The number of aryl methyl sites for hydroxylation is 2. The smallest absolute Gasteiger partial charge is 0.336 e. The molecule has 0 atom stereocenters. The van der Waals surface area contributed by atoms with Gasteiger partial charge in [0.05, 0.1) is 5.56 Å². The maximum absolute atomic E-state index is 11.0. The third kappa shape index (κ3) is 4.80. The van der Waals surface area contributed by atoms with Crippen molar-refractivity contribution >= 4 is 22.8 Å². The van der Waals surface area contributed by atoms with E-state index in [-0.39, 0.29) is 5.12 Å². The van der Waals surface area contributed by atoms with Crippen molar-refractivity contribution in [2.75, 3.05) is 5.75 Å². The van der Waals surface area contributed by atoms with Gasteiger partial charge in [-0.05, 0) is 37.1 Å². The average molecular weight is 276 g/mol. The lowest BCUT2D eigenvalue weighted by atomic mass is 9.99. The number of aromatic carboxylic acids is 1. The Morgan fingerprint density at radius 1 is 1.26 bits per heavy atom. The first-order valence-corrected chi connectivity index (χ1v) is 6.87. The van der Waals surface area contributed by atoms with Gasteiger partial charge in [0.1, 0.15) is 0 Å². The van der Waals surface area contributed by atoms with Gasteiger partial charge in [-0.3, -0.25) is 4.79 Å². The minimum absolute atomic E-state index is 0.0966. The summed E-state index contributed by atoms with van der Waals surface area (Å²) in [6, 6.07) is 3.56. The SMILES string of the molecule is CC(=O)SCCC#Cc1cc(C)c(C(=O)O)c(C)c1. The molecule has 0 aromatic heterocycles. The van der Waals surface area contributed by atoms with Crippen LogP contribution in [0.5, 0.6) is 0 Å². The van der Waals surface area contributed by atoms with Crippen LogP contribution in [0.4, 0.5) is 0 Å². The average Bonchev–Trinajstić information content (AvgIpc) is 2.26. The molecule has 0 fully saturated rings. The molecule has 1 N–H and O–H groups in total. The van der Waals surface area contributed by atoms with Crippen molar-refractivity contribution < 1.29 is 14.7 Å². The number of hydrogen-bond acceptors (Lipinski definition) is 3. The van der Waals surface area contributed by atoms with Gasteiger partial charge in [0.25, 0.3) is 0 Å². The predicted molar refractivity (Wildman–Crippen MR) is 77.5 cm³/mol. The normalized spacial score (nSPS) is 9.63. The number of hydrogen-bond donors (Lipinski definition) is 1. The highest BCUT2D eigenvalue weighted by Gasteiger charge is 2.10. The minimum atomic E-state index is -0.910. The first-order chi connectivity index (χ1) is 8.91. The molecule has 1 aromatic rings. The highest BCUT2D eigenvalue weighted by molar-refractivity contribution is 8.13. The van der Waals surface area contributed by atoms with Crippen LogP contribution >= 0.6 is 11.8 Å². The van der Waals surface area contributed by atoms with Crippen LogP contribution in [0, 0.1) is 25.7 Å². The number of carbonyl (C=O) groups is 2. The van der Waals surface area contributed by atoms with E-state index in [1.165, 1.54) is 18.7 Å². The molecule has 0 spiro atoms. The molecular formula is C15H16O3S. The van der Waals surface area contributed by atoms with Gasteiger partial charge in [-0.2, -0.15) is 0 Å². The van der Waals surface area contributed by atoms with Gasteiger partial charge >= 0.3 is 5.97 Å². The second kappa shape index (κ2) is 7.01. The first-order valence-electron chi connectivity index (χ1n) is 5.88. The molecule has 1 rings (SSSR count). The zero-order valence-corrected chi connectivity index (χ0v) is 12.1. The maximum atomic E-state index is 11.0. The van der Waals surface area contributed by atoms with Crippen molar-refractivity contribution in [3.8, 4) is 11.8 Å². The van der Waals surface area contributed by atoms with Crippen LogP contribution in [0.25, 0.3) is 0 Å². The van der Waals surface area contributed by atoms with Gasteiger partial charge in [-0.1, -0.05) is 23.6 Å². The summed E-state index contributed by atoms with van der Waals surface area (Å²) in [6.07, 6.45) is 0.642. The Bertz CT molecular complexity index is 541. The summed E-state index contributed by atoms with van der Waals surface area (Å²) in [5.41, 5.74) is 2.59. The lowest BCUT2D eigenvalue weighted by Gasteiger charge is -2.05. The van der Waals surface area contributed by atoms with Crippen LogP contribution in [0.3, 0.4) is 0 Å². The highest BCUT2D eigenvalue weighted by Crippen LogP contribution is 2.16. The van der Waals surface area contributed by atoms with Gasteiger partial charge in [0, 0.05) is 24.7 Å². The Morgan fingerprint density at radius 2 is 1.84 bits per heavy atom. The molecular weight excluding hydrogens is 260 g/mol. The molecule has 0 heterocycles. The van der Waals surface area contributed by atoms with Crippen LogP contribution in [-0.2, 0) is 4.79 Å². The Kier molecular flexibility index (Phi) is 5.65. The zero-order valence-electron chi connectivity index (χ0n) is 11.2. The van der Waals surface area contributed by atoms with E-state index in [1.54, 1.807) is 26.0 Å². The number of benzene rings is 1. The Labute approximate surface area is 117 Å². The number of carboxylic acid groups (broad SMARTS) is 1. The quantitative estimate of drug-likeness (QED) is 0.681. The van der Waals surface area contributed by atoms with Crippen molar-refractivity contribution in [3.63, 3.8) is 0 Å². The molecule has 0 unspecified atom stereocenters. The van der Waals surface area contributed by atoms with Crippen LogP contribution < -0.4 is 0 Å². The molecule has 0 aliphatic carbocycles. The van der Waals surface area contributed by atoms with Crippen LogP contribution in [0.1, 0.15) is 40.4 Å². The number of carbonyl (C=O) groups excluding carboxylic acids is 1. The molecule has 1 aromatic carbocycles. The van der Waals surface area contributed by atoms with Gasteiger partial charge in [-0.15, -0.1) is 0 Å². The molecule has 0 aliphatic heterocycles. The predicted octanol–water partition coefficient (Wildman–Crippen LogP) is 3.02. The fraction of sp³-hybridized carbons (Fsp3) is 0.333. The second-order valence-electron chi connectivity index (χ2n) is 4.18. The Balaban J connectivity index is 2.79. The van der Waals surface area contributed by atoms with E-state index in [0.29, 0.717) is 17.7 Å². The molecule has 0 saturated carbocycles. The molecule has 19 heavy (non-hydrogen) atoms. The molecule has 0 aliphatic rings. The molecule has 100 valence electrons. The van der Waals surface area contributed by atoms with Gasteiger partial charge in [0.15, 0.2) is 5.12 Å². The zero-order chi connectivity index (χ0) is 14.4. The molecule has 4 heteroatoms. The summed E-state index contributed by atoms with van der Waals surface area (Å²) >= 11 is 1.26. The van der Waals surface area contributed by atoms with Crippen molar-refractivity contribution in [1.29, 1.82) is 0 Å². The van der Waals surface area contributed by atoms with Gasteiger partial charge in [0.2, 0.25) is 0 Å². The summed E-state index contributed by atoms with van der Waals surface area (Å²) in [4.78, 5) is 21.8. The van der Waals surface area contributed by atoms with Crippen LogP contribution in [0.15, 0.2) is 12.1 Å². The standard InChI is InChI=1S/C15H16O3S/c1-10-8-13(6-4-5-7-19-12(3)16)9-11(2)14(10)15(17)18/h8-9H,5,7H2,1-3H3,(H,17,18). The number of carboxylic acids is 1. The summed E-state index contributed by atoms with van der Waals surface area (Å²) < 4.78 is 0. The first kappa shape index (κ1) is 15.3. The topological polar surface area (TPSA) is 54.4 Å². The van der Waals surface area contributed by atoms with E-state index < -0.39 is 5.97 Å². The third-order valence-corrected chi connectivity index (χ3v) is 3.33. The monoisotopic (exact) mass is 276 g/mol. The van der Waals surface area contributed by atoms with E-state index in [0.717, 1.165) is 16.7 Å². The third-order valence-electron chi connectivity index (χ3n) is 2.51. The van der Waals surface area contributed by atoms with E-state index in [9.17, 15) is 9.59 Å². The molecule has 0 bridgehead atoms. The minimum Gasteiger partial charge on any atom is -0.478 e. The maximum Gasteiger partial charge on any atom is 0.336 e. The summed E-state index contributed by atoms with van der Waals surface area (Å²) in [7, 11) is 0. The number of thioether (sulfide) groups is 1. The molecule has 0 saturated heterocycles. The van der Waals surface area contributed by atoms with Crippen molar-refractivity contribution in [1.82, 2.24) is 0 Å². The van der Waals surface area contributed by atoms with E-state index in [4.69, 9.17) is 5.11 Å². The molecule has 0 radical (unpaired) electrons. The lowest BCUT2D eigenvalue weighted by molar-refractivity contribution is -0.109. The van der Waals surface area contributed by atoms with E-state index in [2.05, 4.69) is 11.8 Å². The Morgan fingerprint density at radius 3 is 2.32 bits per heavy atom. The molecule has 3 nitrogen and oxygen atoms in total. The highest BCUT2D eigenvalue weighted by atomic mass is 32.2. The summed E-state index contributed by atoms with van der Waals surface area (Å²) in [5.74, 6) is 5.77. The van der Waals surface area contributed by atoms with E-state index in [1.807, 2.05) is 0 Å².